The fourth-order valence-corrected chi connectivity index (χ4v) is 4.09. The van der Waals surface area contributed by atoms with Gasteiger partial charge >= 0.3 is 0 Å². The van der Waals surface area contributed by atoms with Crippen molar-refractivity contribution in [3.63, 3.8) is 0 Å². The summed E-state index contributed by atoms with van der Waals surface area (Å²) in [7, 11) is 0. The van der Waals surface area contributed by atoms with E-state index in [-0.39, 0.29) is 5.41 Å². The Hall–Kier alpha value is -1.06. The second kappa shape index (κ2) is 6.10. The molecule has 2 fully saturated rings. The van der Waals surface area contributed by atoms with Crippen LogP contribution in [0.1, 0.15) is 40.0 Å². The molecule has 0 atom stereocenters. The molecule has 4 heteroatoms. The average Bonchev–Trinajstić information content (AvgIpc) is 2.79. The van der Waals surface area contributed by atoms with Crippen molar-refractivity contribution in [3.8, 4) is 0 Å². The summed E-state index contributed by atoms with van der Waals surface area (Å²) in [5.74, 6) is 0.315. The quantitative estimate of drug-likeness (QED) is 0.809. The van der Waals surface area contributed by atoms with Crippen LogP contribution < -0.4 is 4.90 Å². The molecule has 126 valence electrons. The molecule has 1 amide bonds. The summed E-state index contributed by atoms with van der Waals surface area (Å²) in [4.78, 5) is 17.5. The fourth-order valence-electron chi connectivity index (χ4n) is 3.96. The van der Waals surface area contributed by atoms with Crippen molar-refractivity contribution in [3.05, 3.63) is 29.3 Å². The predicted octanol–water partition coefficient (Wildman–Crippen LogP) is 4.21. The number of halogens is 1. The van der Waals surface area contributed by atoms with Crippen LogP contribution >= 0.6 is 11.6 Å². The lowest BCUT2D eigenvalue weighted by Gasteiger charge is -2.40. The minimum Gasteiger partial charge on any atom is -0.312 e. The molecule has 3 rings (SSSR count). The lowest BCUT2D eigenvalue weighted by Crippen LogP contribution is -2.46. The van der Waals surface area contributed by atoms with E-state index in [9.17, 15) is 4.79 Å². The molecule has 23 heavy (non-hydrogen) atoms. The third-order valence-corrected chi connectivity index (χ3v) is 5.41. The first-order valence-electron chi connectivity index (χ1n) is 8.59. The summed E-state index contributed by atoms with van der Waals surface area (Å²) >= 11 is 5.96. The highest BCUT2D eigenvalue weighted by Crippen LogP contribution is 2.43. The molecule has 2 aliphatic rings. The number of hydrogen-bond acceptors (Lipinski definition) is 2. The van der Waals surface area contributed by atoms with Crippen molar-refractivity contribution in [2.75, 3.05) is 31.1 Å². The molecule has 2 saturated heterocycles. The van der Waals surface area contributed by atoms with Gasteiger partial charge in [-0.15, -0.1) is 0 Å². The summed E-state index contributed by atoms with van der Waals surface area (Å²) < 4.78 is 0. The van der Waals surface area contributed by atoms with E-state index in [0.29, 0.717) is 16.3 Å². The van der Waals surface area contributed by atoms with E-state index >= 15 is 0 Å². The van der Waals surface area contributed by atoms with Gasteiger partial charge in [0, 0.05) is 23.8 Å². The Labute approximate surface area is 144 Å². The van der Waals surface area contributed by atoms with Crippen molar-refractivity contribution in [1.82, 2.24) is 4.90 Å². The Kier molecular flexibility index (Phi) is 4.45. The number of amides is 1. The number of carbonyl (C=O) groups excluding carboxylic acids is 1. The molecule has 0 unspecified atom stereocenters. The standard InChI is InChI=1S/C19H27ClN2O/c1-18(2,3)14-21-11-8-19(9-12-21)10-13-22(17(19)23)16-6-4-15(20)5-7-16/h4-7H,8-14H2,1-3H3. The Morgan fingerprint density at radius 3 is 2.17 bits per heavy atom. The van der Waals surface area contributed by atoms with Crippen LogP contribution in [0.5, 0.6) is 0 Å². The monoisotopic (exact) mass is 334 g/mol. The second-order valence-electron chi connectivity index (χ2n) is 8.30. The van der Waals surface area contributed by atoms with Crippen LogP contribution in [0.25, 0.3) is 0 Å². The first-order chi connectivity index (χ1) is 10.8. The zero-order chi connectivity index (χ0) is 16.7. The molecular formula is C19H27ClN2O. The van der Waals surface area contributed by atoms with Crippen LogP contribution in [0.3, 0.4) is 0 Å². The molecule has 0 N–H and O–H groups in total. The predicted molar refractivity (Wildman–Crippen MR) is 96.0 cm³/mol. The second-order valence-corrected chi connectivity index (χ2v) is 8.74. The van der Waals surface area contributed by atoms with Gasteiger partial charge in [-0.1, -0.05) is 32.4 Å². The van der Waals surface area contributed by atoms with Crippen LogP contribution in [-0.2, 0) is 4.79 Å². The number of benzene rings is 1. The number of likely N-dealkylation sites (tertiary alicyclic amines) is 1. The first-order valence-corrected chi connectivity index (χ1v) is 8.97. The SMILES string of the molecule is CC(C)(C)CN1CCC2(CC1)CCN(c1ccc(Cl)cc1)C2=O. The molecule has 0 radical (unpaired) electrons. The van der Waals surface area contributed by atoms with Crippen molar-refractivity contribution in [1.29, 1.82) is 0 Å². The lowest BCUT2D eigenvalue weighted by atomic mass is 9.76. The molecule has 3 nitrogen and oxygen atoms in total. The van der Waals surface area contributed by atoms with Crippen LogP contribution in [-0.4, -0.2) is 37.0 Å². The normalized spacial score (nSPS) is 22.1. The topological polar surface area (TPSA) is 23.6 Å². The van der Waals surface area contributed by atoms with Gasteiger partial charge in [0.2, 0.25) is 5.91 Å². The third-order valence-electron chi connectivity index (χ3n) is 5.16. The largest absolute Gasteiger partial charge is 0.312 e. The molecule has 2 heterocycles. The zero-order valence-electron chi connectivity index (χ0n) is 14.4. The molecule has 0 aliphatic carbocycles. The molecule has 0 aromatic heterocycles. The molecule has 1 spiro atoms. The Bertz CT molecular complexity index is 568. The average molecular weight is 335 g/mol. The number of nitrogens with zero attached hydrogens (tertiary/aromatic N) is 2. The van der Waals surface area contributed by atoms with E-state index < -0.39 is 0 Å². The fraction of sp³-hybridized carbons (Fsp3) is 0.632. The maximum Gasteiger partial charge on any atom is 0.233 e. The highest BCUT2D eigenvalue weighted by molar-refractivity contribution is 6.30. The molecule has 0 bridgehead atoms. The van der Waals surface area contributed by atoms with E-state index in [1.165, 1.54) is 0 Å². The zero-order valence-corrected chi connectivity index (χ0v) is 15.2. The van der Waals surface area contributed by atoms with Crippen LogP contribution in [0, 0.1) is 10.8 Å². The van der Waals surface area contributed by atoms with E-state index in [2.05, 4.69) is 25.7 Å². The van der Waals surface area contributed by atoms with E-state index in [1.54, 1.807) is 0 Å². The van der Waals surface area contributed by atoms with E-state index in [4.69, 9.17) is 11.6 Å². The van der Waals surface area contributed by atoms with Gasteiger partial charge in [0.1, 0.15) is 0 Å². The van der Waals surface area contributed by atoms with Gasteiger partial charge in [0.25, 0.3) is 0 Å². The van der Waals surface area contributed by atoms with Gasteiger partial charge in [0.05, 0.1) is 5.41 Å². The summed E-state index contributed by atoms with van der Waals surface area (Å²) in [5.41, 5.74) is 1.17. The lowest BCUT2D eigenvalue weighted by molar-refractivity contribution is -0.128. The summed E-state index contributed by atoms with van der Waals surface area (Å²) in [5, 5.41) is 0.714. The van der Waals surface area contributed by atoms with Crippen molar-refractivity contribution < 1.29 is 4.79 Å². The van der Waals surface area contributed by atoms with Crippen LogP contribution in [0.4, 0.5) is 5.69 Å². The minimum absolute atomic E-state index is 0.131. The molecular weight excluding hydrogens is 308 g/mol. The van der Waals surface area contributed by atoms with E-state index in [1.807, 2.05) is 29.2 Å². The number of hydrogen-bond donors (Lipinski definition) is 0. The number of carbonyl (C=O) groups is 1. The third kappa shape index (κ3) is 3.56. The highest BCUT2D eigenvalue weighted by Gasteiger charge is 2.48. The number of anilines is 1. The van der Waals surface area contributed by atoms with E-state index in [0.717, 1.165) is 51.1 Å². The molecule has 1 aromatic rings. The Balaban J connectivity index is 1.66. The first kappa shape index (κ1) is 16.8. The number of rotatable bonds is 2. The van der Waals surface area contributed by atoms with Crippen molar-refractivity contribution in [2.24, 2.45) is 10.8 Å². The molecule has 0 saturated carbocycles. The van der Waals surface area contributed by atoms with Gasteiger partial charge in [-0.3, -0.25) is 4.79 Å². The van der Waals surface area contributed by atoms with Gasteiger partial charge in [-0.2, -0.15) is 0 Å². The van der Waals surface area contributed by atoms with Gasteiger partial charge in [-0.25, -0.2) is 0 Å². The van der Waals surface area contributed by atoms with Crippen LogP contribution in [0.2, 0.25) is 5.02 Å². The van der Waals surface area contributed by atoms with Gasteiger partial charge in [-0.05, 0) is 62.0 Å². The summed E-state index contributed by atoms with van der Waals surface area (Å²) in [6.45, 7) is 10.9. The highest BCUT2D eigenvalue weighted by atomic mass is 35.5. The maximum atomic E-state index is 13.0. The van der Waals surface area contributed by atoms with Crippen molar-refractivity contribution in [2.45, 2.75) is 40.0 Å². The smallest absolute Gasteiger partial charge is 0.233 e. The molecule has 2 aliphatic heterocycles. The van der Waals surface area contributed by atoms with Crippen LogP contribution in [0.15, 0.2) is 24.3 Å². The van der Waals surface area contributed by atoms with Gasteiger partial charge in [0.15, 0.2) is 0 Å². The summed E-state index contributed by atoms with van der Waals surface area (Å²) in [6, 6.07) is 7.63. The molecule has 1 aromatic carbocycles. The minimum atomic E-state index is -0.131. The number of piperidine rings is 1. The van der Waals surface area contributed by atoms with Gasteiger partial charge < -0.3 is 9.80 Å². The maximum absolute atomic E-state index is 13.0. The summed E-state index contributed by atoms with van der Waals surface area (Å²) in [6.07, 6.45) is 2.97. The Morgan fingerprint density at radius 1 is 1.04 bits per heavy atom. The Morgan fingerprint density at radius 2 is 1.61 bits per heavy atom. The van der Waals surface area contributed by atoms with Crippen molar-refractivity contribution >= 4 is 23.2 Å².